The Hall–Kier alpha value is -3.79. The minimum Gasteiger partial charge on any atom is -0.335 e. The molecule has 2 aromatic carbocycles. The fourth-order valence-corrected chi connectivity index (χ4v) is 5.17. The van der Waals surface area contributed by atoms with Crippen molar-refractivity contribution in [2.45, 2.75) is 31.0 Å². The van der Waals surface area contributed by atoms with Crippen LogP contribution < -0.4 is 4.72 Å². The quantitative estimate of drug-likeness (QED) is 0.487. The molecular formula is C23H20FN5O3S. The number of hydrogen-bond acceptors (Lipinski definition) is 5. The van der Waals surface area contributed by atoms with E-state index in [4.69, 9.17) is 0 Å². The number of anilines is 1. The van der Waals surface area contributed by atoms with Crippen molar-refractivity contribution in [2.24, 2.45) is 0 Å². The Morgan fingerprint density at radius 3 is 2.73 bits per heavy atom. The number of aromatic nitrogens is 3. The van der Waals surface area contributed by atoms with Gasteiger partial charge in [-0.25, -0.2) is 22.8 Å². The molecule has 1 aliphatic heterocycles. The summed E-state index contributed by atoms with van der Waals surface area (Å²) in [5.41, 5.74) is 2.31. The summed E-state index contributed by atoms with van der Waals surface area (Å²) in [5.74, 6) is -0.285. The zero-order valence-electron chi connectivity index (χ0n) is 17.6. The summed E-state index contributed by atoms with van der Waals surface area (Å²) in [6.07, 6.45) is 4.41. The maximum Gasteiger partial charge on any atom is 0.263 e. The normalized spacial score (nSPS) is 14.3. The second kappa shape index (κ2) is 7.96. The SMILES string of the molecule is C[C@@H](C(=O)N1Cc2ccc(S(=O)(=O)Nc3ccncn3)cc2C1)n1ccc2c(F)cccc21. The van der Waals surface area contributed by atoms with Crippen LogP contribution in [0.4, 0.5) is 10.2 Å². The number of amides is 1. The van der Waals surface area contributed by atoms with Gasteiger partial charge in [0.25, 0.3) is 10.0 Å². The lowest BCUT2D eigenvalue weighted by Crippen LogP contribution is -2.32. The van der Waals surface area contributed by atoms with E-state index < -0.39 is 16.1 Å². The van der Waals surface area contributed by atoms with Gasteiger partial charge in [-0.3, -0.25) is 9.52 Å². The highest BCUT2D eigenvalue weighted by Gasteiger charge is 2.29. The molecule has 0 bridgehead atoms. The maximum absolute atomic E-state index is 14.0. The van der Waals surface area contributed by atoms with Crippen molar-refractivity contribution in [3.05, 3.63) is 84.2 Å². The van der Waals surface area contributed by atoms with Crippen molar-refractivity contribution >= 4 is 32.7 Å². The van der Waals surface area contributed by atoms with Gasteiger partial charge in [-0.1, -0.05) is 12.1 Å². The Morgan fingerprint density at radius 1 is 1.12 bits per heavy atom. The molecule has 1 atom stereocenters. The monoisotopic (exact) mass is 465 g/mol. The first-order valence-corrected chi connectivity index (χ1v) is 11.8. The molecule has 0 unspecified atom stereocenters. The molecule has 2 aromatic heterocycles. The number of carbonyl (C=O) groups is 1. The van der Waals surface area contributed by atoms with E-state index in [1.807, 2.05) is 0 Å². The van der Waals surface area contributed by atoms with Crippen molar-refractivity contribution in [1.82, 2.24) is 19.4 Å². The molecule has 4 aromatic rings. The van der Waals surface area contributed by atoms with Crippen LogP contribution in [0.5, 0.6) is 0 Å². The van der Waals surface area contributed by atoms with Gasteiger partial charge in [0.2, 0.25) is 5.91 Å². The molecule has 1 aliphatic rings. The standard InChI is InChI=1S/C23H20FN5O3S/c1-15(29-10-8-19-20(24)3-2-4-21(19)29)23(30)28-12-16-5-6-18(11-17(16)13-28)33(31,32)27-22-7-9-25-14-26-22/h2-11,14-15H,12-13H2,1H3,(H,25,26,27)/t15-/m0/s1. The van der Waals surface area contributed by atoms with E-state index in [0.717, 1.165) is 11.1 Å². The summed E-state index contributed by atoms with van der Waals surface area (Å²) in [6, 6.07) is 12.2. The van der Waals surface area contributed by atoms with E-state index in [0.29, 0.717) is 24.0 Å². The van der Waals surface area contributed by atoms with Crippen LogP contribution in [0.2, 0.25) is 0 Å². The van der Waals surface area contributed by atoms with E-state index in [1.54, 1.807) is 52.9 Å². The third-order valence-electron chi connectivity index (χ3n) is 5.83. The van der Waals surface area contributed by atoms with Gasteiger partial charge in [-0.15, -0.1) is 0 Å². The zero-order valence-corrected chi connectivity index (χ0v) is 18.5. The highest BCUT2D eigenvalue weighted by molar-refractivity contribution is 7.92. The molecule has 10 heteroatoms. The molecular weight excluding hydrogens is 445 g/mol. The minimum absolute atomic E-state index is 0.0917. The lowest BCUT2D eigenvalue weighted by molar-refractivity contribution is -0.134. The lowest BCUT2D eigenvalue weighted by atomic mass is 10.1. The molecule has 8 nitrogen and oxygen atoms in total. The zero-order chi connectivity index (χ0) is 23.2. The van der Waals surface area contributed by atoms with E-state index in [-0.39, 0.29) is 22.4 Å². The van der Waals surface area contributed by atoms with Crippen LogP contribution in [0.3, 0.4) is 0 Å². The summed E-state index contributed by atoms with van der Waals surface area (Å²) in [4.78, 5) is 22.7. The third-order valence-corrected chi connectivity index (χ3v) is 7.18. The Labute approximate surface area is 189 Å². The molecule has 0 radical (unpaired) electrons. The van der Waals surface area contributed by atoms with Gasteiger partial charge < -0.3 is 9.47 Å². The van der Waals surface area contributed by atoms with Gasteiger partial charge >= 0.3 is 0 Å². The Balaban J connectivity index is 1.36. The van der Waals surface area contributed by atoms with Crippen molar-refractivity contribution < 1.29 is 17.6 Å². The molecule has 0 spiro atoms. The largest absolute Gasteiger partial charge is 0.335 e. The third kappa shape index (κ3) is 3.82. The van der Waals surface area contributed by atoms with Crippen molar-refractivity contribution in [1.29, 1.82) is 0 Å². The number of benzene rings is 2. The van der Waals surface area contributed by atoms with E-state index in [9.17, 15) is 17.6 Å². The molecule has 1 amide bonds. The molecule has 168 valence electrons. The Morgan fingerprint density at radius 2 is 1.94 bits per heavy atom. The van der Waals surface area contributed by atoms with Crippen LogP contribution >= 0.6 is 0 Å². The molecule has 3 heterocycles. The van der Waals surface area contributed by atoms with Crippen molar-refractivity contribution in [2.75, 3.05) is 4.72 Å². The number of halogens is 1. The average Bonchev–Trinajstić information content (AvgIpc) is 3.43. The number of carbonyl (C=O) groups excluding carboxylic acids is 1. The molecule has 1 N–H and O–H groups in total. The predicted octanol–water partition coefficient (Wildman–Crippen LogP) is 3.47. The van der Waals surface area contributed by atoms with Gasteiger partial charge in [-0.05, 0) is 54.4 Å². The molecule has 5 rings (SSSR count). The Bertz CT molecular complexity index is 1470. The number of rotatable bonds is 5. The van der Waals surface area contributed by atoms with Crippen LogP contribution in [-0.4, -0.2) is 33.8 Å². The fourth-order valence-electron chi connectivity index (χ4n) is 4.11. The van der Waals surface area contributed by atoms with Gasteiger partial charge in [0, 0.05) is 30.9 Å². The number of sulfonamides is 1. The molecule has 33 heavy (non-hydrogen) atoms. The minimum atomic E-state index is -3.84. The number of nitrogens with zero attached hydrogens (tertiary/aromatic N) is 4. The van der Waals surface area contributed by atoms with Crippen LogP contribution in [0, 0.1) is 5.82 Å². The van der Waals surface area contributed by atoms with Crippen LogP contribution in [0.25, 0.3) is 10.9 Å². The number of nitrogens with one attached hydrogen (secondary N) is 1. The van der Waals surface area contributed by atoms with Crippen molar-refractivity contribution in [3.63, 3.8) is 0 Å². The summed E-state index contributed by atoms with van der Waals surface area (Å²) < 4.78 is 43.7. The number of hydrogen-bond donors (Lipinski definition) is 1. The molecule has 0 aliphatic carbocycles. The molecule has 0 saturated carbocycles. The molecule has 0 saturated heterocycles. The summed E-state index contributed by atoms with van der Waals surface area (Å²) in [6.45, 7) is 2.45. The first kappa shape index (κ1) is 21.1. The van der Waals surface area contributed by atoms with Gasteiger partial charge in [0.1, 0.15) is 24.0 Å². The topological polar surface area (TPSA) is 97.2 Å². The predicted molar refractivity (Wildman–Crippen MR) is 120 cm³/mol. The average molecular weight is 466 g/mol. The van der Waals surface area contributed by atoms with Gasteiger partial charge in [0.05, 0.1) is 10.4 Å². The first-order valence-electron chi connectivity index (χ1n) is 10.3. The smallest absolute Gasteiger partial charge is 0.263 e. The van der Waals surface area contributed by atoms with Crippen LogP contribution in [0.15, 0.2) is 72.1 Å². The first-order chi connectivity index (χ1) is 15.8. The second-order valence-corrected chi connectivity index (χ2v) is 9.58. The maximum atomic E-state index is 14.0. The number of fused-ring (bicyclic) bond motifs is 2. The van der Waals surface area contributed by atoms with Crippen molar-refractivity contribution in [3.8, 4) is 0 Å². The van der Waals surface area contributed by atoms with E-state index in [2.05, 4.69) is 14.7 Å². The lowest BCUT2D eigenvalue weighted by Gasteiger charge is -2.22. The highest BCUT2D eigenvalue weighted by atomic mass is 32.2. The second-order valence-electron chi connectivity index (χ2n) is 7.90. The highest BCUT2D eigenvalue weighted by Crippen LogP contribution is 2.30. The summed E-state index contributed by atoms with van der Waals surface area (Å²) in [5, 5.41) is 0.466. The Kier molecular flexibility index (Phi) is 5.09. The summed E-state index contributed by atoms with van der Waals surface area (Å²) in [7, 11) is -3.84. The van der Waals surface area contributed by atoms with Crippen LogP contribution in [-0.2, 0) is 27.9 Å². The van der Waals surface area contributed by atoms with E-state index in [1.165, 1.54) is 30.7 Å². The molecule has 0 fully saturated rings. The fraction of sp³-hybridized carbons (Fsp3) is 0.174. The van der Waals surface area contributed by atoms with Gasteiger partial charge in [0.15, 0.2) is 0 Å². The van der Waals surface area contributed by atoms with E-state index >= 15 is 0 Å². The van der Waals surface area contributed by atoms with Crippen LogP contribution in [0.1, 0.15) is 24.1 Å². The van der Waals surface area contributed by atoms with Gasteiger partial charge in [-0.2, -0.15) is 0 Å². The summed E-state index contributed by atoms with van der Waals surface area (Å²) >= 11 is 0.